The molecule has 3 aromatic rings. The number of hydrogen-bond acceptors (Lipinski definition) is 2. The van der Waals surface area contributed by atoms with E-state index < -0.39 is 0 Å². The highest BCUT2D eigenvalue weighted by Crippen LogP contribution is 2.19. The van der Waals surface area contributed by atoms with Crippen molar-refractivity contribution in [3.8, 4) is 11.5 Å². The van der Waals surface area contributed by atoms with Gasteiger partial charge in [0.25, 0.3) is 0 Å². The highest BCUT2D eigenvalue weighted by Gasteiger charge is 2.07. The maximum atomic E-state index is 5.27. The van der Waals surface area contributed by atoms with Crippen molar-refractivity contribution < 1.29 is 4.42 Å². The minimum Gasteiger partial charge on any atom is -0.463 e. The second-order valence-corrected chi connectivity index (χ2v) is 2.78. The number of hydrogen-bond donors (Lipinski definition) is 1. The first-order valence-electron chi connectivity index (χ1n) is 4.00. The van der Waals surface area contributed by atoms with Crippen LogP contribution in [0, 0.1) is 0 Å². The van der Waals surface area contributed by atoms with Gasteiger partial charge in [-0.2, -0.15) is 0 Å². The zero-order valence-electron chi connectivity index (χ0n) is 6.77. The lowest BCUT2D eigenvalue weighted by Gasteiger charge is -1.91. The van der Waals surface area contributed by atoms with E-state index in [-0.39, 0.29) is 0 Å². The first-order chi connectivity index (χ1) is 6.45. The van der Waals surface area contributed by atoms with Gasteiger partial charge in [0.05, 0.1) is 12.5 Å². The number of nitrogens with one attached hydrogen (secondary N) is 1. The Morgan fingerprint density at radius 2 is 2.38 bits per heavy atom. The Balaban J connectivity index is 2.33. The van der Waals surface area contributed by atoms with Crippen molar-refractivity contribution in [2.75, 3.05) is 0 Å². The molecule has 13 heavy (non-hydrogen) atoms. The molecule has 3 rings (SSSR count). The second kappa shape index (κ2) is 2.26. The van der Waals surface area contributed by atoms with Crippen LogP contribution < -0.4 is 0 Å². The van der Waals surface area contributed by atoms with Gasteiger partial charge in [-0.05, 0) is 12.1 Å². The van der Waals surface area contributed by atoms with Gasteiger partial charge < -0.3 is 4.42 Å². The smallest absolute Gasteiger partial charge is 0.153 e. The summed E-state index contributed by atoms with van der Waals surface area (Å²) in [7, 11) is 0. The van der Waals surface area contributed by atoms with Gasteiger partial charge in [-0.25, -0.2) is 9.50 Å². The molecular weight excluding hydrogens is 166 g/mol. The van der Waals surface area contributed by atoms with Crippen molar-refractivity contribution in [1.29, 1.82) is 0 Å². The number of furan rings is 1. The van der Waals surface area contributed by atoms with Crippen molar-refractivity contribution in [1.82, 2.24) is 14.6 Å². The Kier molecular flexibility index (Phi) is 1.14. The van der Waals surface area contributed by atoms with E-state index in [1.54, 1.807) is 12.5 Å². The fourth-order valence-corrected chi connectivity index (χ4v) is 1.40. The van der Waals surface area contributed by atoms with Gasteiger partial charge in [-0.3, -0.25) is 5.10 Å². The van der Waals surface area contributed by atoms with Crippen LogP contribution in [0.5, 0.6) is 0 Å². The van der Waals surface area contributed by atoms with Gasteiger partial charge in [0, 0.05) is 12.3 Å². The number of nitrogens with zero attached hydrogens (tertiary/aromatic N) is 2. The van der Waals surface area contributed by atoms with Crippen LogP contribution in [0.2, 0.25) is 0 Å². The largest absolute Gasteiger partial charge is 0.463 e. The third kappa shape index (κ3) is 0.823. The quantitative estimate of drug-likeness (QED) is 0.611. The number of aromatic amines is 1. The Morgan fingerprint density at radius 1 is 1.38 bits per heavy atom. The van der Waals surface area contributed by atoms with Crippen molar-refractivity contribution >= 4 is 5.65 Å². The SMILES string of the molecule is c1coc(-c2cnc3cc[nH]n23)c1. The van der Waals surface area contributed by atoms with E-state index in [4.69, 9.17) is 4.42 Å². The molecule has 0 aliphatic heterocycles. The molecule has 0 radical (unpaired) electrons. The van der Waals surface area contributed by atoms with Crippen LogP contribution in [-0.2, 0) is 0 Å². The molecule has 4 heteroatoms. The predicted octanol–water partition coefficient (Wildman–Crippen LogP) is 1.92. The Bertz CT molecular complexity index is 518. The lowest BCUT2D eigenvalue weighted by molar-refractivity contribution is 0.578. The summed E-state index contributed by atoms with van der Waals surface area (Å²) in [6.45, 7) is 0. The minimum absolute atomic E-state index is 0.815. The second-order valence-electron chi connectivity index (χ2n) is 2.78. The molecule has 0 fully saturated rings. The van der Waals surface area contributed by atoms with E-state index in [1.807, 2.05) is 28.9 Å². The van der Waals surface area contributed by atoms with Gasteiger partial charge in [-0.15, -0.1) is 0 Å². The van der Waals surface area contributed by atoms with Crippen molar-refractivity contribution in [2.45, 2.75) is 0 Å². The third-order valence-electron chi connectivity index (χ3n) is 2.00. The summed E-state index contributed by atoms with van der Waals surface area (Å²) in [4.78, 5) is 4.21. The number of aromatic nitrogens is 3. The van der Waals surface area contributed by atoms with Crippen LogP contribution in [0.25, 0.3) is 17.1 Å². The van der Waals surface area contributed by atoms with Crippen LogP contribution in [-0.4, -0.2) is 14.6 Å². The summed E-state index contributed by atoms with van der Waals surface area (Å²) in [5, 5.41) is 3.05. The van der Waals surface area contributed by atoms with E-state index in [0.29, 0.717) is 0 Å². The van der Waals surface area contributed by atoms with E-state index >= 15 is 0 Å². The van der Waals surface area contributed by atoms with Gasteiger partial charge in [0.15, 0.2) is 11.4 Å². The first-order valence-corrected chi connectivity index (χ1v) is 4.00. The first kappa shape index (κ1) is 6.54. The molecule has 0 saturated heterocycles. The number of fused-ring (bicyclic) bond motifs is 1. The fourth-order valence-electron chi connectivity index (χ4n) is 1.40. The maximum absolute atomic E-state index is 5.27. The Labute approximate surface area is 73.8 Å². The molecule has 0 aliphatic carbocycles. The highest BCUT2D eigenvalue weighted by atomic mass is 16.3. The van der Waals surface area contributed by atoms with Crippen LogP contribution in [0.1, 0.15) is 0 Å². The monoisotopic (exact) mass is 173 g/mol. The molecule has 0 saturated carbocycles. The van der Waals surface area contributed by atoms with Crippen molar-refractivity contribution in [2.24, 2.45) is 0 Å². The third-order valence-corrected chi connectivity index (χ3v) is 2.00. The molecule has 0 spiro atoms. The van der Waals surface area contributed by atoms with Gasteiger partial charge in [-0.1, -0.05) is 0 Å². The summed E-state index contributed by atoms with van der Waals surface area (Å²) in [6.07, 6.45) is 5.27. The van der Waals surface area contributed by atoms with E-state index in [2.05, 4.69) is 10.1 Å². The van der Waals surface area contributed by atoms with Gasteiger partial charge >= 0.3 is 0 Å². The Hall–Kier alpha value is -1.97. The number of H-pyrrole nitrogens is 1. The normalized spacial score (nSPS) is 11.1. The average Bonchev–Trinajstić information content (AvgIpc) is 2.79. The van der Waals surface area contributed by atoms with Crippen LogP contribution >= 0.6 is 0 Å². The minimum atomic E-state index is 0.815. The molecule has 1 N–H and O–H groups in total. The maximum Gasteiger partial charge on any atom is 0.153 e. The standard InChI is InChI=1S/C9H7N3O/c1-2-8(13-5-1)7-6-10-9-3-4-11-12(7)9/h1-6,11H. The average molecular weight is 173 g/mol. The lowest BCUT2D eigenvalue weighted by Crippen LogP contribution is -1.84. The molecule has 0 aromatic carbocycles. The number of imidazole rings is 1. The molecule has 0 bridgehead atoms. The lowest BCUT2D eigenvalue weighted by atomic mass is 10.4. The predicted molar refractivity (Wildman–Crippen MR) is 47.2 cm³/mol. The molecule has 0 unspecified atom stereocenters. The van der Waals surface area contributed by atoms with Crippen LogP contribution in [0.3, 0.4) is 0 Å². The molecule has 3 aromatic heterocycles. The van der Waals surface area contributed by atoms with Gasteiger partial charge in [0.1, 0.15) is 5.69 Å². The van der Waals surface area contributed by atoms with Crippen LogP contribution in [0.15, 0.2) is 41.3 Å². The Morgan fingerprint density at radius 3 is 3.23 bits per heavy atom. The van der Waals surface area contributed by atoms with E-state index in [0.717, 1.165) is 17.1 Å². The number of rotatable bonds is 1. The molecule has 64 valence electrons. The molecule has 0 amide bonds. The highest BCUT2D eigenvalue weighted by molar-refractivity contribution is 5.57. The molecule has 3 heterocycles. The molecule has 0 aliphatic rings. The van der Waals surface area contributed by atoms with E-state index in [1.165, 1.54) is 0 Å². The van der Waals surface area contributed by atoms with Crippen molar-refractivity contribution in [3.05, 3.63) is 36.9 Å². The molecule has 4 nitrogen and oxygen atoms in total. The molecular formula is C9H7N3O. The van der Waals surface area contributed by atoms with Crippen molar-refractivity contribution in [3.63, 3.8) is 0 Å². The van der Waals surface area contributed by atoms with Gasteiger partial charge in [0.2, 0.25) is 0 Å². The fraction of sp³-hybridized carbons (Fsp3) is 0. The summed E-state index contributed by atoms with van der Waals surface area (Å²) in [5.74, 6) is 0.815. The topological polar surface area (TPSA) is 46.2 Å². The summed E-state index contributed by atoms with van der Waals surface area (Å²) < 4.78 is 7.15. The van der Waals surface area contributed by atoms with E-state index in [9.17, 15) is 0 Å². The summed E-state index contributed by atoms with van der Waals surface area (Å²) >= 11 is 0. The molecule has 0 atom stereocenters. The zero-order valence-corrected chi connectivity index (χ0v) is 6.77. The zero-order chi connectivity index (χ0) is 8.67. The van der Waals surface area contributed by atoms with Crippen LogP contribution in [0.4, 0.5) is 0 Å². The summed E-state index contributed by atoms with van der Waals surface area (Å²) in [5.41, 5.74) is 1.83. The summed E-state index contributed by atoms with van der Waals surface area (Å²) in [6, 6.07) is 5.68.